The Labute approximate surface area is 115 Å². The largest absolute Gasteiger partial charge is 0.315 e. The smallest absolute Gasteiger partial charge is 0.262 e. The van der Waals surface area contributed by atoms with Gasteiger partial charge in [-0.05, 0) is 43.8 Å². The summed E-state index contributed by atoms with van der Waals surface area (Å²) >= 11 is 11.9. The molecule has 0 saturated carbocycles. The van der Waals surface area contributed by atoms with Crippen LogP contribution in [0, 0.1) is 0 Å². The van der Waals surface area contributed by atoms with Crippen molar-refractivity contribution >= 4 is 34.1 Å². The highest BCUT2D eigenvalue weighted by Gasteiger charge is 2.11. The maximum Gasteiger partial charge on any atom is 0.262 e. The van der Waals surface area contributed by atoms with Crippen LogP contribution in [-0.2, 0) is 6.54 Å². The molecule has 0 spiro atoms. The molecule has 0 fully saturated rings. The van der Waals surface area contributed by atoms with Crippen molar-refractivity contribution in [3.63, 3.8) is 0 Å². The van der Waals surface area contributed by atoms with E-state index < -0.39 is 0 Å². The van der Waals surface area contributed by atoms with E-state index in [1.54, 1.807) is 18.2 Å². The Bertz CT molecular complexity index is 639. The van der Waals surface area contributed by atoms with Crippen molar-refractivity contribution in [1.29, 1.82) is 0 Å². The molecule has 0 radical (unpaired) electrons. The van der Waals surface area contributed by atoms with E-state index in [0.29, 0.717) is 22.5 Å². The van der Waals surface area contributed by atoms with E-state index in [-0.39, 0.29) is 16.9 Å². The van der Waals surface area contributed by atoms with Crippen LogP contribution in [0.2, 0.25) is 10.3 Å². The Balaban J connectivity index is 2.62. The predicted molar refractivity (Wildman–Crippen MR) is 74.5 cm³/mol. The number of nitrogens with zero attached hydrogens (tertiary/aromatic N) is 2. The minimum absolute atomic E-state index is 0.131. The van der Waals surface area contributed by atoms with Gasteiger partial charge in [0.1, 0.15) is 0 Å². The lowest BCUT2D eigenvalue weighted by atomic mass is 10.2. The summed E-state index contributed by atoms with van der Waals surface area (Å²) in [6.07, 6.45) is 0. The Morgan fingerprint density at radius 3 is 2.83 bits per heavy atom. The van der Waals surface area contributed by atoms with Crippen LogP contribution in [0.3, 0.4) is 0 Å². The van der Waals surface area contributed by atoms with Crippen LogP contribution in [0.1, 0.15) is 6.92 Å². The van der Waals surface area contributed by atoms with Crippen LogP contribution in [0.4, 0.5) is 0 Å². The third-order valence-corrected chi connectivity index (χ3v) is 3.34. The minimum Gasteiger partial charge on any atom is -0.315 e. The Kier molecular flexibility index (Phi) is 3.90. The van der Waals surface area contributed by atoms with E-state index >= 15 is 0 Å². The standard InChI is InChI=1S/C12H13Cl2N3O/c1-7(15-2)6-17-11(18)9-4-3-8(13)5-10(9)16-12(17)14/h3-5,7,15H,6H2,1-2H3. The lowest BCUT2D eigenvalue weighted by molar-refractivity contribution is 0.503. The number of benzene rings is 1. The van der Waals surface area contributed by atoms with Crippen LogP contribution in [-0.4, -0.2) is 22.6 Å². The van der Waals surface area contributed by atoms with E-state index in [1.807, 2.05) is 14.0 Å². The van der Waals surface area contributed by atoms with Gasteiger partial charge in [-0.2, -0.15) is 0 Å². The average Bonchev–Trinajstić information content (AvgIpc) is 2.33. The zero-order valence-corrected chi connectivity index (χ0v) is 11.6. The summed E-state index contributed by atoms with van der Waals surface area (Å²) in [5.74, 6) is 0. The Hall–Kier alpha value is -1.10. The van der Waals surface area contributed by atoms with Crippen LogP contribution in [0.5, 0.6) is 0 Å². The Morgan fingerprint density at radius 1 is 1.44 bits per heavy atom. The molecule has 1 heterocycles. The van der Waals surface area contributed by atoms with Gasteiger partial charge in [0.15, 0.2) is 0 Å². The van der Waals surface area contributed by atoms with Crippen LogP contribution in [0.25, 0.3) is 10.9 Å². The van der Waals surface area contributed by atoms with Crippen molar-refractivity contribution < 1.29 is 0 Å². The third kappa shape index (κ3) is 2.51. The summed E-state index contributed by atoms with van der Waals surface area (Å²) in [5, 5.41) is 4.29. The molecule has 0 aliphatic rings. The van der Waals surface area contributed by atoms with Gasteiger partial charge in [0.2, 0.25) is 5.28 Å². The Morgan fingerprint density at radius 2 is 2.17 bits per heavy atom. The molecule has 0 saturated heterocycles. The zero-order valence-electron chi connectivity index (χ0n) is 10.1. The molecule has 18 heavy (non-hydrogen) atoms. The highest BCUT2D eigenvalue weighted by molar-refractivity contribution is 6.31. The molecule has 1 aromatic heterocycles. The van der Waals surface area contributed by atoms with Crippen molar-refractivity contribution in [2.45, 2.75) is 19.5 Å². The van der Waals surface area contributed by atoms with Crippen molar-refractivity contribution in [2.24, 2.45) is 0 Å². The highest BCUT2D eigenvalue weighted by atomic mass is 35.5. The molecule has 0 aliphatic carbocycles. The summed E-state index contributed by atoms with van der Waals surface area (Å²) in [7, 11) is 1.83. The zero-order chi connectivity index (χ0) is 13.3. The molecule has 2 aromatic rings. The second kappa shape index (κ2) is 5.26. The molecular formula is C12H13Cl2N3O. The van der Waals surface area contributed by atoms with E-state index in [4.69, 9.17) is 23.2 Å². The van der Waals surface area contributed by atoms with Gasteiger partial charge in [0.25, 0.3) is 5.56 Å². The molecule has 0 aliphatic heterocycles. The summed E-state index contributed by atoms with van der Waals surface area (Å²) in [6, 6.07) is 5.11. The quantitative estimate of drug-likeness (QED) is 0.881. The van der Waals surface area contributed by atoms with Crippen LogP contribution in [0.15, 0.2) is 23.0 Å². The lowest BCUT2D eigenvalue weighted by Gasteiger charge is -2.14. The van der Waals surface area contributed by atoms with Crippen LogP contribution < -0.4 is 10.9 Å². The van der Waals surface area contributed by atoms with Crippen LogP contribution >= 0.6 is 23.2 Å². The average molecular weight is 286 g/mol. The first-order valence-corrected chi connectivity index (χ1v) is 6.31. The second-order valence-corrected chi connectivity index (χ2v) is 4.92. The van der Waals surface area contributed by atoms with Crippen molar-refractivity contribution in [1.82, 2.24) is 14.9 Å². The minimum atomic E-state index is -0.149. The first-order chi connectivity index (χ1) is 8.52. The lowest BCUT2D eigenvalue weighted by Crippen LogP contribution is -2.33. The second-order valence-electron chi connectivity index (χ2n) is 4.15. The molecule has 0 amide bonds. The molecule has 96 valence electrons. The number of aromatic nitrogens is 2. The number of likely N-dealkylation sites (N-methyl/N-ethyl adjacent to an activating group) is 1. The molecule has 4 nitrogen and oxygen atoms in total. The molecule has 1 atom stereocenters. The van der Waals surface area contributed by atoms with Gasteiger partial charge in [-0.1, -0.05) is 11.6 Å². The van der Waals surface area contributed by atoms with E-state index in [1.165, 1.54) is 4.57 Å². The van der Waals surface area contributed by atoms with E-state index in [9.17, 15) is 4.79 Å². The van der Waals surface area contributed by atoms with Crippen molar-refractivity contribution in [3.8, 4) is 0 Å². The number of fused-ring (bicyclic) bond motifs is 1. The topological polar surface area (TPSA) is 46.9 Å². The number of hydrogen-bond donors (Lipinski definition) is 1. The van der Waals surface area contributed by atoms with Crippen molar-refractivity contribution in [3.05, 3.63) is 38.9 Å². The van der Waals surface area contributed by atoms with Gasteiger partial charge in [-0.3, -0.25) is 9.36 Å². The highest BCUT2D eigenvalue weighted by Crippen LogP contribution is 2.17. The van der Waals surface area contributed by atoms with E-state index in [2.05, 4.69) is 10.3 Å². The number of hydrogen-bond acceptors (Lipinski definition) is 3. The van der Waals surface area contributed by atoms with Gasteiger partial charge < -0.3 is 5.32 Å². The van der Waals surface area contributed by atoms with Crippen molar-refractivity contribution in [2.75, 3.05) is 7.05 Å². The molecule has 1 unspecified atom stereocenters. The molecule has 2 rings (SSSR count). The summed E-state index contributed by atoms with van der Waals surface area (Å²) < 4.78 is 1.46. The van der Waals surface area contributed by atoms with Gasteiger partial charge in [0.05, 0.1) is 10.9 Å². The van der Waals surface area contributed by atoms with Gasteiger partial charge in [0, 0.05) is 17.6 Å². The maximum atomic E-state index is 12.3. The number of rotatable bonds is 3. The summed E-state index contributed by atoms with van der Waals surface area (Å²) in [4.78, 5) is 16.5. The van der Waals surface area contributed by atoms with Gasteiger partial charge >= 0.3 is 0 Å². The molecule has 0 bridgehead atoms. The first kappa shape index (κ1) is 13.3. The fourth-order valence-electron chi connectivity index (χ4n) is 1.69. The fraction of sp³-hybridized carbons (Fsp3) is 0.333. The monoisotopic (exact) mass is 285 g/mol. The molecule has 1 aromatic carbocycles. The molecule has 6 heteroatoms. The molecule has 1 N–H and O–H groups in total. The summed E-state index contributed by atoms with van der Waals surface area (Å²) in [6.45, 7) is 2.44. The number of nitrogens with one attached hydrogen (secondary N) is 1. The fourth-order valence-corrected chi connectivity index (χ4v) is 2.09. The first-order valence-electron chi connectivity index (χ1n) is 5.56. The molecular weight excluding hydrogens is 273 g/mol. The van der Waals surface area contributed by atoms with Gasteiger partial charge in [-0.25, -0.2) is 4.98 Å². The van der Waals surface area contributed by atoms with E-state index in [0.717, 1.165) is 0 Å². The predicted octanol–water partition coefficient (Wildman–Crippen LogP) is 2.31. The maximum absolute atomic E-state index is 12.3. The normalized spacial score (nSPS) is 12.9. The third-order valence-electron chi connectivity index (χ3n) is 2.82. The summed E-state index contributed by atoms with van der Waals surface area (Å²) in [5.41, 5.74) is 0.370. The van der Waals surface area contributed by atoms with Gasteiger partial charge in [-0.15, -0.1) is 0 Å². The SMILES string of the molecule is CNC(C)Cn1c(Cl)nc2cc(Cl)ccc2c1=O. The number of halogens is 2.